The molecule has 2 aromatic rings. The molecule has 1 aliphatic carbocycles. The Bertz CT molecular complexity index is 904. The Hall–Kier alpha value is -2.37. The van der Waals surface area contributed by atoms with Crippen molar-refractivity contribution in [2.45, 2.75) is 52.5 Å². The minimum Gasteiger partial charge on any atom is -0.349 e. The zero-order valence-corrected chi connectivity index (χ0v) is 14.9. The Morgan fingerprint density at radius 1 is 1.04 bits per heavy atom. The van der Waals surface area contributed by atoms with Gasteiger partial charge in [0.15, 0.2) is 0 Å². The van der Waals surface area contributed by atoms with E-state index in [-0.39, 0.29) is 17.4 Å². The molecule has 0 radical (unpaired) electrons. The molecule has 0 spiro atoms. The number of carbonyl (C=O) groups excluding carboxylic acids is 1. The molecule has 3 N–H and O–H groups in total. The quantitative estimate of drug-likeness (QED) is 0.731. The fourth-order valence-corrected chi connectivity index (χ4v) is 3.85. The number of rotatable bonds is 2. The number of nitrogens with one attached hydrogen (secondary N) is 3. The standard InChI is InChI=1S/C19H25N3O3/c1-19(2,3)12-6-4-5-7-13(12)20-16(23)11-8-9-14-15(10-11)22-18(25)17(24)21-14/h8-10,12-13H,4-7H2,1-3H3,(H,20,23)(H,21,24)(H,22,25)/t12-,13-/m1/s1. The first-order chi connectivity index (χ1) is 11.8. The fourth-order valence-electron chi connectivity index (χ4n) is 3.85. The number of benzene rings is 1. The van der Waals surface area contributed by atoms with Gasteiger partial charge in [0.2, 0.25) is 0 Å². The monoisotopic (exact) mass is 343 g/mol. The van der Waals surface area contributed by atoms with Gasteiger partial charge in [0.25, 0.3) is 5.91 Å². The summed E-state index contributed by atoms with van der Waals surface area (Å²) >= 11 is 0. The lowest BCUT2D eigenvalue weighted by molar-refractivity contribution is 0.0830. The maximum absolute atomic E-state index is 12.7. The highest BCUT2D eigenvalue weighted by Gasteiger charge is 2.35. The lowest BCUT2D eigenvalue weighted by atomic mass is 9.69. The van der Waals surface area contributed by atoms with Crippen molar-refractivity contribution in [3.63, 3.8) is 0 Å². The average molecular weight is 343 g/mol. The summed E-state index contributed by atoms with van der Waals surface area (Å²) in [6.45, 7) is 6.66. The number of H-pyrrole nitrogens is 2. The van der Waals surface area contributed by atoms with E-state index in [1.807, 2.05) is 0 Å². The molecular weight excluding hydrogens is 318 g/mol. The van der Waals surface area contributed by atoms with E-state index in [0.29, 0.717) is 22.5 Å². The summed E-state index contributed by atoms with van der Waals surface area (Å²) in [5.74, 6) is 0.303. The summed E-state index contributed by atoms with van der Waals surface area (Å²) in [6.07, 6.45) is 4.45. The van der Waals surface area contributed by atoms with E-state index in [9.17, 15) is 14.4 Å². The molecule has 1 amide bonds. The van der Waals surface area contributed by atoms with Crippen molar-refractivity contribution >= 4 is 16.9 Å². The van der Waals surface area contributed by atoms with Crippen molar-refractivity contribution in [2.24, 2.45) is 11.3 Å². The van der Waals surface area contributed by atoms with Crippen molar-refractivity contribution in [2.75, 3.05) is 0 Å². The maximum atomic E-state index is 12.7. The van der Waals surface area contributed by atoms with Crippen molar-refractivity contribution < 1.29 is 4.79 Å². The van der Waals surface area contributed by atoms with Gasteiger partial charge in [0.05, 0.1) is 11.0 Å². The molecule has 0 unspecified atom stereocenters. The summed E-state index contributed by atoms with van der Waals surface area (Å²) in [6, 6.07) is 5.08. The van der Waals surface area contributed by atoms with Crippen LogP contribution in [0.5, 0.6) is 0 Å². The van der Waals surface area contributed by atoms with Gasteiger partial charge in [-0.25, -0.2) is 0 Å². The van der Waals surface area contributed by atoms with Crippen LogP contribution in [0.1, 0.15) is 56.8 Å². The zero-order chi connectivity index (χ0) is 18.2. The topological polar surface area (TPSA) is 94.8 Å². The van der Waals surface area contributed by atoms with Crippen LogP contribution in [-0.4, -0.2) is 21.9 Å². The number of fused-ring (bicyclic) bond motifs is 1. The summed E-state index contributed by atoms with van der Waals surface area (Å²) in [5.41, 5.74) is 0.171. The van der Waals surface area contributed by atoms with Crippen LogP contribution in [-0.2, 0) is 0 Å². The molecule has 2 atom stereocenters. The zero-order valence-electron chi connectivity index (χ0n) is 14.9. The molecule has 0 saturated heterocycles. The molecule has 1 heterocycles. The SMILES string of the molecule is CC(C)(C)[C@@H]1CCCC[C@H]1NC(=O)c1ccc2[nH]c(=O)c(=O)[nH]c2c1. The predicted molar refractivity (Wildman–Crippen MR) is 97.9 cm³/mol. The molecule has 25 heavy (non-hydrogen) atoms. The molecule has 1 saturated carbocycles. The highest BCUT2D eigenvalue weighted by atomic mass is 16.2. The molecule has 6 nitrogen and oxygen atoms in total. The number of hydrogen-bond acceptors (Lipinski definition) is 3. The van der Waals surface area contributed by atoms with Crippen molar-refractivity contribution in [3.8, 4) is 0 Å². The second kappa shape index (κ2) is 6.50. The average Bonchev–Trinajstić information content (AvgIpc) is 2.55. The number of amides is 1. The maximum Gasteiger partial charge on any atom is 0.314 e. The van der Waals surface area contributed by atoms with Gasteiger partial charge in [-0.15, -0.1) is 0 Å². The summed E-state index contributed by atoms with van der Waals surface area (Å²) in [7, 11) is 0. The third kappa shape index (κ3) is 3.67. The first-order valence-corrected chi connectivity index (χ1v) is 8.83. The normalized spacial score (nSPS) is 21.2. The number of aromatic amines is 2. The second-order valence-electron chi connectivity index (χ2n) is 8.01. The Labute approximate surface area is 146 Å². The van der Waals surface area contributed by atoms with Crippen LogP contribution in [0.2, 0.25) is 0 Å². The predicted octanol–water partition coefficient (Wildman–Crippen LogP) is 2.55. The van der Waals surface area contributed by atoms with Crippen LogP contribution in [0.15, 0.2) is 27.8 Å². The molecular formula is C19H25N3O3. The van der Waals surface area contributed by atoms with Gasteiger partial charge in [0, 0.05) is 11.6 Å². The van der Waals surface area contributed by atoms with E-state index >= 15 is 0 Å². The van der Waals surface area contributed by atoms with E-state index in [0.717, 1.165) is 19.3 Å². The van der Waals surface area contributed by atoms with Crippen LogP contribution >= 0.6 is 0 Å². The molecule has 134 valence electrons. The Balaban J connectivity index is 1.85. The van der Waals surface area contributed by atoms with Gasteiger partial charge < -0.3 is 15.3 Å². The van der Waals surface area contributed by atoms with Gasteiger partial charge in [0.1, 0.15) is 0 Å². The highest BCUT2D eigenvalue weighted by molar-refractivity contribution is 5.97. The molecule has 6 heteroatoms. The van der Waals surface area contributed by atoms with E-state index < -0.39 is 11.1 Å². The summed E-state index contributed by atoms with van der Waals surface area (Å²) in [4.78, 5) is 40.6. The fraction of sp³-hybridized carbons (Fsp3) is 0.526. The molecule has 1 aromatic heterocycles. The molecule has 3 rings (SSSR count). The molecule has 1 fully saturated rings. The van der Waals surface area contributed by atoms with Crippen molar-refractivity contribution in [1.29, 1.82) is 0 Å². The number of aromatic nitrogens is 2. The van der Waals surface area contributed by atoms with Gasteiger partial charge in [-0.05, 0) is 42.4 Å². The number of hydrogen-bond donors (Lipinski definition) is 3. The molecule has 0 aliphatic heterocycles. The lowest BCUT2D eigenvalue weighted by Gasteiger charge is -2.40. The van der Waals surface area contributed by atoms with Gasteiger partial charge in [-0.2, -0.15) is 0 Å². The Kier molecular flexibility index (Phi) is 4.54. The van der Waals surface area contributed by atoms with Crippen LogP contribution in [0.3, 0.4) is 0 Å². The number of carbonyl (C=O) groups is 1. The van der Waals surface area contributed by atoms with E-state index in [1.54, 1.807) is 18.2 Å². The van der Waals surface area contributed by atoms with E-state index in [1.165, 1.54) is 6.42 Å². The smallest absolute Gasteiger partial charge is 0.314 e. The van der Waals surface area contributed by atoms with Crippen molar-refractivity contribution in [3.05, 3.63) is 44.5 Å². The van der Waals surface area contributed by atoms with Crippen LogP contribution in [0.4, 0.5) is 0 Å². The largest absolute Gasteiger partial charge is 0.349 e. The van der Waals surface area contributed by atoms with Crippen LogP contribution in [0.25, 0.3) is 11.0 Å². The van der Waals surface area contributed by atoms with Gasteiger partial charge >= 0.3 is 11.1 Å². The van der Waals surface area contributed by atoms with Gasteiger partial charge in [-0.1, -0.05) is 33.6 Å². The third-order valence-corrected chi connectivity index (χ3v) is 5.18. The summed E-state index contributed by atoms with van der Waals surface area (Å²) < 4.78 is 0. The van der Waals surface area contributed by atoms with Gasteiger partial charge in [-0.3, -0.25) is 14.4 Å². The highest BCUT2D eigenvalue weighted by Crippen LogP contribution is 2.38. The van der Waals surface area contributed by atoms with Crippen LogP contribution in [0, 0.1) is 11.3 Å². The first kappa shape index (κ1) is 17.5. The third-order valence-electron chi connectivity index (χ3n) is 5.18. The van der Waals surface area contributed by atoms with Crippen LogP contribution < -0.4 is 16.4 Å². The Morgan fingerprint density at radius 3 is 2.36 bits per heavy atom. The molecule has 0 bridgehead atoms. The van der Waals surface area contributed by atoms with Crippen molar-refractivity contribution in [1.82, 2.24) is 15.3 Å². The van der Waals surface area contributed by atoms with E-state index in [2.05, 4.69) is 36.1 Å². The second-order valence-corrected chi connectivity index (χ2v) is 8.01. The van der Waals surface area contributed by atoms with E-state index in [4.69, 9.17) is 0 Å². The minimum atomic E-state index is -0.717. The minimum absolute atomic E-state index is 0.143. The Morgan fingerprint density at radius 2 is 1.68 bits per heavy atom. The molecule has 1 aliphatic rings. The first-order valence-electron chi connectivity index (χ1n) is 8.83. The molecule has 1 aromatic carbocycles. The summed E-state index contributed by atoms with van der Waals surface area (Å²) in [5, 5.41) is 3.18. The lowest BCUT2D eigenvalue weighted by Crippen LogP contribution is -2.46.